The Kier molecular flexibility index (Phi) is 9.39. The Bertz CT molecular complexity index is 999. The fraction of sp³-hybridized carbons (Fsp3) is 0.286. The number of nitrogens with zero attached hydrogens (tertiary/aromatic N) is 1. The maximum Gasteiger partial charge on any atom is 0.262 e. The predicted molar refractivity (Wildman–Crippen MR) is 131 cm³/mol. The molecule has 31 heavy (non-hydrogen) atoms. The van der Waals surface area contributed by atoms with Gasteiger partial charge in [-0.1, -0.05) is 37.0 Å². The molecule has 0 radical (unpaired) electrons. The van der Waals surface area contributed by atoms with Gasteiger partial charge in [0.25, 0.3) is 11.8 Å². The molecule has 0 saturated heterocycles. The summed E-state index contributed by atoms with van der Waals surface area (Å²) in [6.07, 6.45) is 1.48. The van der Waals surface area contributed by atoms with Crippen molar-refractivity contribution in [3.8, 4) is 11.5 Å². The van der Waals surface area contributed by atoms with Gasteiger partial charge < -0.3 is 14.8 Å². The minimum Gasteiger partial charge on any atom is -0.493 e. The molecule has 166 valence electrons. The van der Waals surface area contributed by atoms with E-state index in [1.807, 2.05) is 19.9 Å². The monoisotopic (exact) mass is 577 g/mol. The topological polar surface area (TPSA) is 89.0 Å². The zero-order chi connectivity index (χ0) is 23.1. The van der Waals surface area contributed by atoms with Crippen molar-refractivity contribution >= 4 is 63.8 Å². The van der Waals surface area contributed by atoms with E-state index in [1.165, 1.54) is 18.3 Å². The van der Waals surface area contributed by atoms with E-state index in [-0.39, 0.29) is 16.5 Å². The summed E-state index contributed by atoms with van der Waals surface area (Å²) in [4.78, 5) is 25.2. The molecule has 0 aromatic heterocycles. The predicted octanol–water partition coefficient (Wildman–Crippen LogP) is 4.52. The second kappa shape index (κ2) is 11.5. The summed E-state index contributed by atoms with van der Waals surface area (Å²) in [7, 11) is 3.10. The lowest BCUT2D eigenvalue weighted by atomic mass is 10.0. The van der Waals surface area contributed by atoms with Crippen LogP contribution in [0.1, 0.15) is 29.8 Å². The van der Waals surface area contributed by atoms with Crippen LogP contribution in [0, 0.1) is 9.49 Å². The number of halogens is 3. The van der Waals surface area contributed by atoms with Crippen molar-refractivity contribution in [2.75, 3.05) is 14.2 Å². The molecule has 1 unspecified atom stereocenters. The number of nitrogens with one attached hydrogen (secondary N) is 2. The van der Waals surface area contributed by atoms with E-state index < -0.39 is 17.9 Å². The average molecular weight is 578 g/mol. The third-order valence-corrected chi connectivity index (χ3v) is 5.60. The molecule has 2 N–H and O–H groups in total. The van der Waals surface area contributed by atoms with Crippen LogP contribution < -0.4 is 20.2 Å². The summed E-state index contributed by atoms with van der Waals surface area (Å²) in [5.74, 6) is 0.0446. The van der Waals surface area contributed by atoms with Crippen LogP contribution in [0.15, 0.2) is 35.4 Å². The van der Waals surface area contributed by atoms with Crippen LogP contribution in [0.5, 0.6) is 11.5 Å². The number of hydrogen-bond acceptors (Lipinski definition) is 5. The minimum absolute atomic E-state index is 0.188. The van der Waals surface area contributed by atoms with Crippen molar-refractivity contribution in [3.63, 3.8) is 0 Å². The summed E-state index contributed by atoms with van der Waals surface area (Å²) in [6, 6.07) is 7.29. The van der Waals surface area contributed by atoms with Gasteiger partial charge in [0, 0.05) is 5.02 Å². The van der Waals surface area contributed by atoms with Gasteiger partial charge in [-0.25, -0.2) is 5.43 Å². The first kappa shape index (κ1) is 25.2. The Morgan fingerprint density at radius 2 is 1.84 bits per heavy atom. The largest absolute Gasteiger partial charge is 0.493 e. The maximum atomic E-state index is 12.6. The van der Waals surface area contributed by atoms with Gasteiger partial charge in [0.15, 0.2) is 11.5 Å². The van der Waals surface area contributed by atoms with E-state index in [0.717, 1.165) is 3.57 Å². The number of methoxy groups -OCH3 is 2. The Morgan fingerprint density at radius 1 is 1.13 bits per heavy atom. The smallest absolute Gasteiger partial charge is 0.262 e. The zero-order valence-electron chi connectivity index (χ0n) is 17.3. The maximum absolute atomic E-state index is 12.6. The van der Waals surface area contributed by atoms with Gasteiger partial charge in [0.1, 0.15) is 6.04 Å². The molecule has 10 heteroatoms. The van der Waals surface area contributed by atoms with Crippen LogP contribution in [0.25, 0.3) is 0 Å². The fourth-order valence-corrected chi connectivity index (χ4v) is 4.02. The van der Waals surface area contributed by atoms with Crippen LogP contribution in [-0.4, -0.2) is 38.3 Å². The first-order chi connectivity index (χ1) is 14.7. The molecular formula is C21H22Cl2IN3O4. The molecule has 0 aliphatic heterocycles. The normalized spacial score (nSPS) is 12.0. The molecule has 2 aromatic carbocycles. The van der Waals surface area contributed by atoms with Gasteiger partial charge in [-0.3, -0.25) is 9.59 Å². The SMILES string of the molecule is COc1cc(C=NNC(=O)C(NC(=O)c2ccc(Cl)cc2Cl)C(C)C)cc(I)c1OC. The van der Waals surface area contributed by atoms with Crippen molar-refractivity contribution in [2.24, 2.45) is 11.0 Å². The van der Waals surface area contributed by atoms with Crippen molar-refractivity contribution in [1.29, 1.82) is 0 Å². The average Bonchev–Trinajstić information content (AvgIpc) is 2.70. The Morgan fingerprint density at radius 3 is 2.42 bits per heavy atom. The van der Waals surface area contributed by atoms with Crippen LogP contribution in [-0.2, 0) is 4.79 Å². The van der Waals surface area contributed by atoms with Crippen LogP contribution in [0.3, 0.4) is 0 Å². The number of rotatable bonds is 8. The van der Waals surface area contributed by atoms with Crippen LogP contribution in [0.4, 0.5) is 0 Å². The second-order valence-electron chi connectivity index (χ2n) is 6.79. The van der Waals surface area contributed by atoms with Crippen molar-refractivity contribution in [3.05, 3.63) is 55.1 Å². The number of ether oxygens (including phenoxy) is 2. The highest BCUT2D eigenvalue weighted by molar-refractivity contribution is 14.1. The van der Waals surface area contributed by atoms with E-state index in [0.29, 0.717) is 22.1 Å². The Balaban J connectivity index is 2.11. The Hall–Kier alpha value is -2.04. The highest BCUT2D eigenvalue weighted by atomic mass is 127. The number of carbonyl (C=O) groups excluding carboxylic acids is 2. The number of carbonyl (C=O) groups is 2. The zero-order valence-corrected chi connectivity index (χ0v) is 21.0. The molecule has 0 bridgehead atoms. The Labute approximate surface area is 204 Å². The quantitative estimate of drug-likeness (QED) is 0.274. The minimum atomic E-state index is -0.818. The van der Waals surface area contributed by atoms with Gasteiger partial charge in [0.2, 0.25) is 0 Å². The summed E-state index contributed by atoms with van der Waals surface area (Å²) in [5.41, 5.74) is 3.40. The van der Waals surface area contributed by atoms with Gasteiger partial charge in [-0.15, -0.1) is 0 Å². The lowest BCUT2D eigenvalue weighted by molar-refractivity contribution is -0.123. The van der Waals surface area contributed by atoms with Crippen LogP contribution in [0.2, 0.25) is 10.0 Å². The number of benzene rings is 2. The first-order valence-electron chi connectivity index (χ1n) is 9.18. The number of hydrogen-bond donors (Lipinski definition) is 2. The second-order valence-corrected chi connectivity index (χ2v) is 8.80. The van der Waals surface area contributed by atoms with E-state index in [1.54, 1.807) is 26.4 Å². The molecule has 1 atom stereocenters. The van der Waals surface area contributed by atoms with Gasteiger partial charge in [-0.2, -0.15) is 5.10 Å². The highest BCUT2D eigenvalue weighted by Gasteiger charge is 2.25. The fourth-order valence-electron chi connectivity index (χ4n) is 2.68. The van der Waals surface area contributed by atoms with Gasteiger partial charge >= 0.3 is 0 Å². The van der Waals surface area contributed by atoms with Crippen LogP contribution >= 0.6 is 45.8 Å². The lowest BCUT2D eigenvalue weighted by Crippen LogP contribution is -2.48. The molecular weight excluding hydrogens is 556 g/mol. The molecule has 0 spiro atoms. The molecule has 0 aliphatic carbocycles. The molecule has 0 heterocycles. The summed E-state index contributed by atoms with van der Waals surface area (Å²) < 4.78 is 11.5. The van der Waals surface area contributed by atoms with Crippen molar-refractivity contribution < 1.29 is 19.1 Å². The standard InChI is InChI=1S/C21H22Cl2IN3O4/c1-11(2)18(26-20(28)14-6-5-13(22)9-15(14)23)21(29)27-25-10-12-7-16(24)19(31-4)17(8-12)30-3/h5-11,18H,1-4H3,(H,26,28)(H,27,29). The molecule has 2 amide bonds. The highest BCUT2D eigenvalue weighted by Crippen LogP contribution is 2.33. The number of hydrazone groups is 1. The summed E-state index contributed by atoms with van der Waals surface area (Å²) in [6.45, 7) is 3.63. The van der Waals surface area contributed by atoms with Gasteiger partial charge in [-0.05, 0) is 64.4 Å². The van der Waals surface area contributed by atoms with E-state index in [4.69, 9.17) is 32.7 Å². The van der Waals surface area contributed by atoms with E-state index in [2.05, 4.69) is 38.4 Å². The molecule has 7 nitrogen and oxygen atoms in total. The first-order valence-corrected chi connectivity index (χ1v) is 11.0. The summed E-state index contributed by atoms with van der Waals surface area (Å²) >= 11 is 14.1. The molecule has 0 aliphatic rings. The molecule has 0 fully saturated rings. The third-order valence-electron chi connectivity index (χ3n) is 4.26. The molecule has 0 saturated carbocycles. The summed E-state index contributed by atoms with van der Waals surface area (Å²) in [5, 5.41) is 7.32. The van der Waals surface area contributed by atoms with Crippen molar-refractivity contribution in [2.45, 2.75) is 19.9 Å². The molecule has 2 rings (SSSR count). The third kappa shape index (κ3) is 6.72. The van der Waals surface area contributed by atoms with Crippen molar-refractivity contribution in [1.82, 2.24) is 10.7 Å². The van der Waals surface area contributed by atoms with Gasteiger partial charge in [0.05, 0.1) is 34.6 Å². The molecule has 2 aromatic rings. The van der Waals surface area contributed by atoms with E-state index >= 15 is 0 Å². The lowest BCUT2D eigenvalue weighted by Gasteiger charge is -2.20. The number of amides is 2. The van der Waals surface area contributed by atoms with E-state index in [9.17, 15) is 9.59 Å².